The molecule has 6 heteroatoms. The van der Waals surface area contributed by atoms with Crippen molar-refractivity contribution < 1.29 is 13.9 Å². The summed E-state index contributed by atoms with van der Waals surface area (Å²) in [5, 5.41) is 2.57. The molecule has 18 heavy (non-hydrogen) atoms. The van der Waals surface area contributed by atoms with Gasteiger partial charge in [-0.25, -0.2) is 9.78 Å². The zero-order chi connectivity index (χ0) is 13.2. The number of nitrogens with zero attached hydrogens (tertiary/aromatic N) is 2. The maximum Gasteiger partial charge on any atom is 0.408 e. The Labute approximate surface area is 104 Å². The molecule has 0 atom stereocenters. The number of pyridine rings is 1. The van der Waals surface area contributed by atoms with Crippen LogP contribution in [0.2, 0.25) is 0 Å². The topological polar surface area (TPSA) is 77.2 Å². The number of carbonyl (C=O) groups is 1. The van der Waals surface area contributed by atoms with Gasteiger partial charge in [-0.1, -0.05) is 0 Å². The summed E-state index contributed by atoms with van der Waals surface area (Å²) in [5.41, 5.74) is 0.601. The van der Waals surface area contributed by atoms with Crippen molar-refractivity contribution in [2.45, 2.75) is 32.9 Å². The Hall–Kier alpha value is -2.11. The highest BCUT2D eigenvalue weighted by Gasteiger charge is 2.16. The molecule has 1 amide bonds. The second kappa shape index (κ2) is 4.64. The number of carbonyl (C=O) groups excluding carboxylic acids is 1. The Bertz CT molecular complexity index is 524. The molecule has 2 aromatic heterocycles. The summed E-state index contributed by atoms with van der Waals surface area (Å²) in [4.78, 5) is 19.6. The van der Waals surface area contributed by atoms with Gasteiger partial charge in [0, 0.05) is 6.20 Å². The molecule has 1 N–H and O–H groups in total. The fourth-order valence-corrected chi connectivity index (χ4v) is 1.35. The minimum Gasteiger partial charge on any atom is -0.444 e. The molecule has 0 aliphatic heterocycles. The SMILES string of the molecule is CC(C)(C)OC(=O)NCc1nc2ncccc2o1. The van der Waals surface area contributed by atoms with Gasteiger partial charge in [0.15, 0.2) is 11.2 Å². The molecular formula is C12H15N3O3. The highest BCUT2D eigenvalue weighted by atomic mass is 16.6. The van der Waals surface area contributed by atoms with Crippen molar-refractivity contribution in [3.8, 4) is 0 Å². The maximum atomic E-state index is 11.4. The monoisotopic (exact) mass is 249 g/mol. The number of fused-ring (bicyclic) bond motifs is 1. The molecule has 0 bridgehead atoms. The second-order valence-electron chi connectivity index (χ2n) is 4.79. The van der Waals surface area contributed by atoms with Gasteiger partial charge in [-0.05, 0) is 32.9 Å². The van der Waals surface area contributed by atoms with E-state index in [0.29, 0.717) is 17.1 Å². The molecule has 0 aliphatic carbocycles. The van der Waals surface area contributed by atoms with E-state index >= 15 is 0 Å². The van der Waals surface area contributed by atoms with Gasteiger partial charge in [-0.15, -0.1) is 0 Å². The Morgan fingerprint density at radius 1 is 1.50 bits per heavy atom. The van der Waals surface area contributed by atoms with Crippen molar-refractivity contribution in [3.63, 3.8) is 0 Å². The van der Waals surface area contributed by atoms with Gasteiger partial charge in [0.05, 0.1) is 6.54 Å². The number of oxazole rings is 1. The van der Waals surface area contributed by atoms with E-state index in [1.807, 2.05) is 0 Å². The maximum absolute atomic E-state index is 11.4. The smallest absolute Gasteiger partial charge is 0.408 e. The van der Waals surface area contributed by atoms with E-state index in [2.05, 4.69) is 15.3 Å². The van der Waals surface area contributed by atoms with E-state index in [-0.39, 0.29) is 6.54 Å². The summed E-state index contributed by atoms with van der Waals surface area (Å²) in [6.07, 6.45) is 1.13. The van der Waals surface area contributed by atoms with E-state index in [1.165, 1.54) is 0 Å². The Morgan fingerprint density at radius 3 is 2.94 bits per heavy atom. The summed E-state index contributed by atoms with van der Waals surface area (Å²) in [5.74, 6) is 0.398. The van der Waals surface area contributed by atoms with Gasteiger partial charge in [0.25, 0.3) is 0 Å². The molecule has 96 valence electrons. The fourth-order valence-electron chi connectivity index (χ4n) is 1.35. The Morgan fingerprint density at radius 2 is 2.28 bits per heavy atom. The number of hydrogen-bond donors (Lipinski definition) is 1. The quantitative estimate of drug-likeness (QED) is 0.883. The molecule has 0 fully saturated rings. The molecule has 0 saturated heterocycles. The van der Waals surface area contributed by atoms with Crippen LogP contribution < -0.4 is 5.32 Å². The summed E-state index contributed by atoms with van der Waals surface area (Å²) < 4.78 is 10.5. The van der Waals surface area contributed by atoms with Crippen LogP contribution in [0.25, 0.3) is 11.2 Å². The minimum atomic E-state index is -0.521. The summed E-state index contributed by atoms with van der Waals surface area (Å²) in [6, 6.07) is 3.53. The number of rotatable bonds is 2. The standard InChI is InChI=1S/C12H15N3O3/c1-12(2,3)18-11(16)14-7-9-15-10-8(17-9)5-4-6-13-10/h4-6H,7H2,1-3H3,(H,14,16). The molecule has 0 aromatic carbocycles. The lowest BCUT2D eigenvalue weighted by Crippen LogP contribution is -2.32. The number of amides is 1. The number of nitrogens with one attached hydrogen (secondary N) is 1. The first-order valence-corrected chi connectivity index (χ1v) is 5.61. The molecular weight excluding hydrogens is 234 g/mol. The largest absolute Gasteiger partial charge is 0.444 e. The van der Waals surface area contributed by atoms with Crippen molar-refractivity contribution in [1.29, 1.82) is 0 Å². The van der Waals surface area contributed by atoms with E-state index in [1.54, 1.807) is 39.1 Å². The van der Waals surface area contributed by atoms with Gasteiger partial charge >= 0.3 is 6.09 Å². The van der Waals surface area contributed by atoms with Gasteiger partial charge in [-0.3, -0.25) is 0 Å². The number of ether oxygens (including phenoxy) is 1. The fraction of sp³-hybridized carbons (Fsp3) is 0.417. The van der Waals surface area contributed by atoms with E-state index in [4.69, 9.17) is 9.15 Å². The van der Waals surface area contributed by atoms with Gasteiger partial charge in [0.2, 0.25) is 5.89 Å². The summed E-state index contributed by atoms with van der Waals surface area (Å²) >= 11 is 0. The van der Waals surface area contributed by atoms with Crippen LogP contribution in [-0.2, 0) is 11.3 Å². The predicted molar refractivity (Wildman–Crippen MR) is 64.9 cm³/mol. The molecule has 2 heterocycles. The molecule has 0 spiro atoms. The lowest BCUT2D eigenvalue weighted by Gasteiger charge is -2.19. The molecule has 0 aliphatic rings. The summed E-state index contributed by atoms with van der Waals surface area (Å²) in [7, 11) is 0. The molecule has 0 unspecified atom stereocenters. The number of hydrogen-bond acceptors (Lipinski definition) is 5. The number of alkyl carbamates (subject to hydrolysis) is 1. The zero-order valence-electron chi connectivity index (χ0n) is 10.6. The van der Waals surface area contributed by atoms with Gasteiger partial charge < -0.3 is 14.5 Å². The third-order valence-corrected chi connectivity index (χ3v) is 1.99. The Kier molecular flexibility index (Phi) is 3.18. The Balaban J connectivity index is 1.96. The lowest BCUT2D eigenvalue weighted by molar-refractivity contribution is 0.0519. The molecule has 0 saturated carbocycles. The van der Waals surface area contributed by atoms with Crippen LogP contribution in [0.1, 0.15) is 26.7 Å². The third-order valence-electron chi connectivity index (χ3n) is 1.99. The van der Waals surface area contributed by atoms with E-state index in [0.717, 1.165) is 0 Å². The molecule has 2 rings (SSSR count). The van der Waals surface area contributed by atoms with Crippen LogP contribution in [0, 0.1) is 0 Å². The van der Waals surface area contributed by atoms with Crippen LogP contribution in [0.5, 0.6) is 0 Å². The molecule has 2 aromatic rings. The lowest BCUT2D eigenvalue weighted by atomic mass is 10.2. The highest BCUT2D eigenvalue weighted by molar-refractivity contribution is 5.68. The van der Waals surface area contributed by atoms with E-state index < -0.39 is 11.7 Å². The second-order valence-corrected chi connectivity index (χ2v) is 4.79. The normalized spacial score (nSPS) is 11.5. The average Bonchev–Trinajstić information content (AvgIpc) is 2.66. The summed E-state index contributed by atoms with van der Waals surface area (Å²) in [6.45, 7) is 5.58. The first-order chi connectivity index (χ1) is 8.44. The molecule has 0 radical (unpaired) electrons. The van der Waals surface area contributed by atoms with Gasteiger partial charge in [-0.2, -0.15) is 4.98 Å². The first kappa shape index (κ1) is 12.3. The van der Waals surface area contributed by atoms with Crippen molar-refractivity contribution in [1.82, 2.24) is 15.3 Å². The van der Waals surface area contributed by atoms with Crippen molar-refractivity contribution in [2.75, 3.05) is 0 Å². The van der Waals surface area contributed by atoms with Crippen LogP contribution in [0.4, 0.5) is 4.79 Å². The van der Waals surface area contributed by atoms with Crippen LogP contribution in [0.15, 0.2) is 22.7 Å². The van der Waals surface area contributed by atoms with Crippen molar-refractivity contribution in [2.24, 2.45) is 0 Å². The van der Waals surface area contributed by atoms with Crippen LogP contribution in [-0.4, -0.2) is 21.7 Å². The minimum absolute atomic E-state index is 0.172. The number of aromatic nitrogens is 2. The van der Waals surface area contributed by atoms with Crippen molar-refractivity contribution >= 4 is 17.3 Å². The van der Waals surface area contributed by atoms with Gasteiger partial charge in [0.1, 0.15) is 5.60 Å². The van der Waals surface area contributed by atoms with E-state index in [9.17, 15) is 4.79 Å². The predicted octanol–water partition coefficient (Wildman–Crippen LogP) is 2.25. The zero-order valence-corrected chi connectivity index (χ0v) is 10.6. The van der Waals surface area contributed by atoms with Crippen LogP contribution >= 0.6 is 0 Å². The first-order valence-electron chi connectivity index (χ1n) is 5.61. The average molecular weight is 249 g/mol. The highest BCUT2D eigenvalue weighted by Crippen LogP contribution is 2.12. The van der Waals surface area contributed by atoms with Crippen molar-refractivity contribution in [3.05, 3.63) is 24.2 Å². The van der Waals surface area contributed by atoms with Crippen LogP contribution in [0.3, 0.4) is 0 Å². The molecule has 6 nitrogen and oxygen atoms in total. The third kappa shape index (κ3) is 3.19.